The van der Waals surface area contributed by atoms with Crippen molar-refractivity contribution in [3.63, 3.8) is 0 Å². The highest BCUT2D eigenvalue weighted by Gasteiger charge is 2.35. The number of nitriles is 1. The Labute approximate surface area is 210 Å². The lowest BCUT2D eigenvalue weighted by atomic mass is 10.0. The molecule has 3 saturated heterocycles. The Bertz CT molecular complexity index is 1110. The number of thiocarbonyl (C=S) groups is 1. The van der Waals surface area contributed by atoms with Gasteiger partial charge in [0.1, 0.15) is 21.8 Å². The number of likely N-dealkylation sites (N-methyl/N-ethyl adjacent to an activating group) is 1. The Balaban J connectivity index is 1.76. The summed E-state index contributed by atoms with van der Waals surface area (Å²) in [6.45, 7) is 11.8. The fourth-order valence-corrected chi connectivity index (χ4v) is 6.09. The van der Waals surface area contributed by atoms with Gasteiger partial charge in [0.05, 0.1) is 17.6 Å². The smallest absolute Gasteiger partial charge is 0.270 e. The molecule has 0 spiro atoms. The van der Waals surface area contributed by atoms with Crippen LogP contribution in [0.1, 0.15) is 43.4 Å². The van der Waals surface area contributed by atoms with Gasteiger partial charge in [0, 0.05) is 44.9 Å². The lowest BCUT2D eigenvalue weighted by Gasteiger charge is -2.37. The average molecular weight is 502 g/mol. The van der Waals surface area contributed by atoms with Crippen LogP contribution in [0.4, 0.5) is 5.82 Å². The van der Waals surface area contributed by atoms with E-state index in [4.69, 9.17) is 17.0 Å². The fraction of sp³-hybridized carbons (Fsp3) is 0.583. The highest BCUT2D eigenvalue weighted by Crippen LogP contribution is 2.36. The second kappa shape index (κ2) is 10.6. The molecule has 10 heteroatoms. The molecule has 1 aromatic heterocycles. The molecule has 1 unspecified atom stereocenters. The van der Waals surface area contributed by atoms with Gasteiger partial charge in [-0.05, 0) is 44.9 Å². The summed E-state index contributed by atoms with van der Waals surface area (Å²) in [5, 5.41) is 9.75. The monoisotopic (exact) mass is 501 g/mol. The molecule has 0 bridgehead atoms. The first-order valence-corrected chi connectivity index (χ1v) is 13.1. The third kappa shape index (κ3) is 4.67. The first-order valence-electron chi connectivity index (χ1n) is 11.9. The van der Waals surface area contributed by atoms with E-state index in [1.807, 2.05) is 13.0 Å². The largest absolute Gasteiger partial charge is 0.376 e. The van der Waals surface area contributed by atoms with E-state index in [1.54, 1.807) is 16.4 Å². The Morgan fingerprint density at radius 3 is 2.53 bits per heavy atom. The number of nitrogens with zero attached hydrogens (tertiary/aromatic N) is 5. The molecule has 1 aromatic rings. The third-order valence-electron chi connectivity index (χ3n) is 6.84. The summed E-state index contributed by atoms with van der Waals surface area (Å²) in [4.78, 5) is 33.2. The van der Waals surface area contributed by atoms with Crippen LogP contribution in [0.3, 0.4) is 0 Å². The van der Waals surface area contributed by atoms with E-state index in [0.29, 0.717) is 27.9 Å². The molecule has 34 heavy (non-hydrogen) atoms. The summed E-state index contributed by atoms with van der Waals surface area (Å²) in [6.07, 6.45) is 3.77. The predicted molar refractivity (Wildman–Crippen MR) is 139 cm³/mol. The van der Waals surface area contributed by atoms with Gasteiger partial charge in [-0.1, -0.05) is 30.9 Å². The normalized spacial score (nSPS) is 22.8. The van der Waals surface area contributed by atoms with Crippen molar-refractivity contribution in [1.29, 1.82) is 5.26 Å². The lowest BCUT2D eigenvalue weighted by molar-refractivity contribution is -0.123. The van der Waals surface area contributed by atoms with Crippen LogP contribution in [0.25, 0.3) is 6.08 Å². The molecule has 0 aliphatic carbocycles. The first kappa shape index (κ1) is 24.9. The molecule has 0 N–H and O–H groups in total. The van der Waals surface area contributed by atoms with Crippen molar-refractivity contribution < 1.29 is 9.53 Å². The van der Waals surface area contributed by atoms with Crippen molar-refractivity contribution in [2.75, 3.05) is 50.8 Å². The summed E-state index contributed by atoms with van der Waals surface area (Å²) in [7, 11) is 0. The maximum atomic E-state index is 13.3. The molecular formula is C24H31N5O3S2. The number of ether oxygens (including phenoxy) is 1. The molecule has 0 saturated carbocycles. The van der Waals surface area contributed by atoms with Gasteiger partial charge in [-0.2, -0.15) is 5.26 Å². The Kier molecular flexibility index (Phi) is 7.77. The number of carbonyl (C=O) groups is 1. The van der Waals surface area contributed by atoms with Gasteiger partial charge in [-0.15, -0.1) is 0 Å². The molecule has 3 fully saturated rings. The molecule has 0 aromatic carbocycles. The number of aromatic nitrogens is 1. The van der Waals surface area contributed by atoms with Crippen molar-refractivity contribution >= 4 is 46.1 Å². The Hall–Kier alpha value is -2.19. The maximum Gasteiger partial charge on any atom is 0.270 e. The Morgan fingerprint density at radius 2 is 1.94 bits per heavy atom. The summed E-state index contributed by atoms with van der Waals surface area (Å²) in [6, 6.07) is 2.09. The zero-order valence-corrected chi connectivity index (χ0v) is 21.6. The van der Waals surface area contributed by atoms with E-state index in [9.17, 15) is 14.9 Å². The number of hydrogen-bond donors (Lipinski definition) is 0. The quantitative estimate of drug-likeness (QED) is 0.435. The number of pyridine rings is 1. The highest BCUT2D eigenvalue weighted by molar-refractivity contribution is 8.26. The number of hydrogen-bond acceptors (Lipinski definition) is 8. The van der Waals surface area contributed by atoms with Gasteiger partial charge in [0.2, 0.25) is 0 Å². The molecule has 1 amide bonds. The molecule has 3 aliphatic rings. The summed E-state index contributed by atoms with van der Waals surface area (Å²) < 4.78 is 7.90. The second-order valence-corrected chi connectivity index (χ2v) is 10.4. The number of anilines is 1. The number of amides is 1. The zero-order chi connectivity index (χ0) is 24.4. The van der Waals surface area contributed by atoms with Crippen molar-refractivity contribution in [3.05, 3.63) is 31.9 Å². The van der Waals surface area contributed by atoms with Crippen LogP contribution in [0, 0.1) is 18.3 Å². The lowest BCUT2D eigenvalue weighted by Crippen LogP contribution is -2.48. The second-order valence-electron chi connectivity index (χ2n) is 8.75. The zero-order valence-electron chi connectivity index (χ0n) is 20.0. The van der Waals surface area contributed by atoms with E-state index in [-0.39, 0.29) is 23.1 Å². The van der Waals surface area contributed by atoms with Crippen LogP contribution >= 0.6 is 24.0 Å². The third-order valence-corrected chi connectivity index (χ3v) is 8.22. The standard InChI is InChI=1S/C24H31N5O3S2/c1-4-26-8-10-27(11-9-26)21-18(16(3)19(14-25)22(30)28(21)5-2)13-20-23(31)29(24(33)34-20)15-17-7-6-12-32-17/h13,17H,4-12,15H2,1-3H3. The van der Waals surface area contributed by atoms with Crippen molar-refractivity contribution in [2.45, 2.75) is 46.3 Å². The Morgan fingerprint density at radius 1 is 1.21 bits per heavy atom. The van der Waals surface area contributed by atoms with Crippen LogP contribution in [-0.4, -0.2) is 76.6 Å². The average Bonchev–Trinajstić information content (AvgIpc) is 3.45. The van der Waals surface area contributed by atoms with E-state index >= 15 is 0 Å². The molecular weight excluding hydrogens is 470 g/mol. The molecule has 3 aliphatic heterocycles. The molecule has 4 heterocycles. The van der Waals surface area contributed by atoms with Gasteiger partial charge < -0.3 is 14.5 Å². The van der Waals surface area contributed by atoms with Crippen LogP contribution in [-0.2, 0) is 16.1 Å². The molecule has 0 radical (unpaired) electrons. The van der Waals surface area contributed by atoms with Crippen LogP contribution in [0.2, 0.25) is 0 Å². The van der Waals surface area contributed by atoms with E-state index in [1.165, 1.54) is 11.8 Å². The molecule has 182 valence electrons. The topological polar surface area (TPSA) is 81.8 Å². The summed E-state index contributed by atoms with van der Waals surface area (Å²) in [5.74, 6) is 0.642. The van der Waals surface area contributed by atoms with Crippen molar-refractivity contribution in [1.82, 2.24) is 14.4 Å². The minimum Gasteiger partial charge on any atom is -0.376 e. The van der Waals surface area contributed by atoms with Crippen molar-refractivity contribution in [2.24, 2.45) is 0 Å². The van der Waals surface area contributed by atoms with Crippen LogP contribution in [0.5, 0.6) is 0 Å². The fourth-order valence-electron chi connectivity index (χ4n) is 4.83. The molecule has 4 rings (SSSR count). The van der Waals surface area contributed by atoms with E-state index < -0.39 is 0 Å². The van der Waals surface area contributed by atoms with E-state index in [0.717, 1.165) is 63.6 Å². The summed E-state index contributed by atoms with van der Waals surface area (Å²) in [5.41, 5.74) is 1.20. The predicted octanol–water partition coefficient (Wildman–Crippen LogP) is 2.57. The number of rotatable bonds is 6. The van der Waals surface area contributed by atoms with Crippen molar-refractivity contribution in [3.8, 4) is 6.07 Å². The van der Waals surface area contributed by atoms with Crippen LogP contribution in [0.15, 0.2) is 9.70 Å². The van der Waals surface area contributed by atoms with Gasteiger partial charge in [-0.25, -0.2) is 0 Å². The SMILES string of the molecule is CCN1CCN(c2c(C=C3SC(=S)N(CC4CCCO4)C3=O)c(C)c(C#N)c(=O)n2CC)CC1. The minimum atomic E-state index is -0.279. The number of piperazine rings is 1. The van der Waals surface area contributed by atoms with Gasteiger partial charge in [0.25, 0.3) is 11.5 Å². The van der Waals surface area contributed by atoms with Gasteiger partial charge in [0.15, 0.2) is 0 Å². The minimum absolute atomic E-state index is 0.0150. The van der Waals surface area contributed by atoms with Gasteiger partial charge in [-0.3, -0.25) is 19.1 Å². The maximum absolute atomic E-state index is 13.3. The summed E-state index contributed by atoms with van der Waals surface area (Å²) >= 11 is 6.80. The molecule has 1 atom stereocenters. The molecule has 8 nitrogen and oxygen atoms in total. The number of carbonyl (C=O) groups excluding carboxylic acids is 1. The first-order chi connectivity index (χ1) is 16.4. The van der Waals surface area contributed by atoms with Gasteiger partial charge >= 0.3 is 0 Å². The van der Waals surface area contributed by atoms with Crippen LogP contribution < -0.4 is 10.5 Å². The van der Waals surface area contributed by atoms with E-state index in [2.05, 4.69) is 22.8 Å². The number of thioether (sulfide) groups is 1. The highest BCUT2D eigenvalue weighted by atomic mass is 32.2.